The molecule has 2 aromatic rings. The average molecular weight is 397 g/mol. The monoisotopic (exact) mass is 396 g/mol. The number of hydrogen-bond donors (Lipinski definition) is 1. The molecule has 0 bridgehead atoms. The maximum atomic E-state index is 12.2. The molecule has 0 spiro atoms. The van der Waals surface area contributed by atoms with Gasteiger partial charge in [-0.05, 0) is 44.4 Å². The number of benzene rings is 1. The van der Waals surface area contributed by atoms with Gasteiger partial charge in [-0.2, -0.15) is 0 Å². The Balaban J connectivity index is 2.60. The van der Waals surface area contributed by atoms with E-state index in [0.29, 0.717) is 23.0 Å². The first-order valence-electron chi connectivity index (χ1n) is 7.74. The Labute approximate surface area is 148 Å². The number of ether oxygens (including phenoxy) is 1. The van der Waals surface area contributed by atoms with Gasteiger partial charge < -0.3 is 4.74 Å². The Morgan fingerprint density at radius 3 is 2.62 bits per heavy atom. The van der Waals surface area contributed by atoms with Gasteiger partial charge in [0, 0.05) is 11.9 Å². The molecule has 1 aromatic heterocycles. The smallest absolute Gasteiger partial charge is 0.328 e. The first-order valence-corrected chi connectivity index (χ1v) is 8.86. The van der Waals surface area contributed by atoms with Gasteiger partial charge in [0.05, 0.1) is 23.4 Å². The molecule has 0 fully saturated rings. The van der Waals surface area contributed by atoms with Gasteiger partial charge in [0.25, 0.3) is 5.56 Å². The topological polar surface area (TPSA) is 81.2 Å². The van der Waals surface area contributed by atoms with Gasteiger partial charge in [0.15, 0.2) is 0 Å². The van der Waals surface area contributed by atoms with E-state index >= 15 is 0 Å². The number of aromatic amines is 1. The largest absolute Gasteiger partial charge is 0.468 e. The molecular weight excluding hydrogens is 376 g/mol. The minimum atomic E-state index is -0.883. The maximum Gasteiger partial charge on any atom is 0.328 e. The molecule has 7 heteroatoms. The molecule has 0 atom stereocenters. The molecule has 0 radical (unpaired) electrons. The number of aryl methyl sites for hydroxylation is 1. The highest BCUT2D eigenvalue weighted by Crippen LogP contribution is 2.26. The number of fused-ring (bicyclic) bond motifs is 1. The minimum absolute atomic E-state index is 0.385. The Morgan fingerprint density at radius 1 is 1.29 bits per heavy atom. The number of esters is 1. The summed E-state index contributed by atoms with van der Waals surface area (Å²) in [5.74, 6) is -0.385. The summed E-state index contributed by atoms with van der Waals surface area (Å²) in [5, 5.41) is 1.25. The third-order valence-corrected chi connectivity index (χ3v) is 4.74. The van der Waals surface area contributed by atoms with Crippen molar-refractivity contribution in [3.05, 3.63) is 44.6 Å². The van der Waals surface area contributed by atoms with Crippen LogP contribution in [0.4, 0.5) is 0 Å². The summed E-state index contributed by atoms with van der Waals surface area (Å²) in [4.78, 5) is 38.7. The first kappa shape index (κ1) is 18.4. The summed E-state index contributed by atoms with van der Waals surface area (Å²) < 4.78 is 6.40. The molecule has 0 aliphatic carbocycles. The van der Waals surface area contributed by atoms with E-state index in [1.165, 1.54) is 7.11 Å². The summed E-state index contributed by atoms with van der Waals surface area (Å²) >= 11 is 3.37. The number of halogens is 1. The van der Waals surface area contributed by atoms with Gasteiger partial charge in [0.2, 0.25) is 0 Å². The van der Waals surface area contributed by atoms with Crippen molar-refractivity contribution in [3.8, 4) is 0 Å². The van der Waals surface area contributed by atoms with Crippen molar-refractivity contribution in [1.29, 1.82) is 0 Å². The predicted molar refractivity (Wildman–Crippen MR) is 96.9 cm³/mol. The summed E-state index contributed by atoms with van der Waals surface area (Å²) in [5.41, 5.74) is -0.510. The maximum absolute atomic E-state index is 12.2. The van der Waals surface area contributed by atoms with Gasteiger partial charge in [0.1, 0.15) is 0 Å². The number of alkyl halides is 1. The van der Waals surface area contributed by atoms with Crippen LogP contribution in [0.2, 0.25) is 0 Å². The highest BCUT2D eigenvalue weighted by atomic mass is 79.9. The van der Waals surface area contributed by atoms with Crippen LogP contribution in [0.15, 0.2) is 27.8 Å². The fourth-order valence-corrected chi connectivity index (χ4v) is 3.04. The van der Waals surface area contributed by atoms with Crippen molar-refractivity contribution in [2.24, 2.45) is 0 Å². The number of nitrogens with zero attached hydrogens (tertiary/aromatic N) is 1. The molecule has 0 aliphatic heterocycles. The first-order chi connectivity index (χ1) is 11.3. The standard InChI is InChI=1S/C17H21BrN2O4/c1-17(2,15(22)24-3)11-6-7-13-12(10-11)14(21)19-16(23)20(13)9-5-4-8-18/h6-7,10H,4-5,8-9H2,1-3H3,(H,19,21,23). The highest BCUT2D eigenvalue weighted by molar-refractivity contribution is 9.09. The summed E-state index contributed by atoms with van der Waals surface area (Å²) in [7, 11) is 1.33. The number of rotatable bonds is 6. The lowest BCUT2D eigenvalue weighted by atomic mass is 9.84. The second-order valence-corrected chi connectivity index (χ2v) is 6.95. The molecular formula is C17H21BrN2O4. The second kappa shape index (κ2) is 7.34. The Bertz CT molecular complexity index is 867. The molecule has 0 unspecified atom stereocenters. The molecule has 1 heterocycles. The fraction of sp³-hybridized carbons (Fsp3) is 0.471. The van der Waals surface area contributed by atoms with Crippen LogP contribution in [0.1, 0.15) is 32.3 Å². The SMILES string of the molecule is COC(=O)C(C)(C)c1ccc2c(c1)c(=O)[nH]c(=O)n2CCCCBr. The number of hydrogen-bond acceptors (Lipinski definition) is 4. The van der Waals surface area contributed by atoms with Crippen LogP contribution < -0.4 is 11.2 Å². The number of nitrogens with one attached hydrogen (secondary N) is 1. The minimum Gasteiger partial charge on any atom is -0.468 e. The third kappa shape index (κ3) is 3.45. The van der Waals surface area contributed by atoms with Crippen molar-refractivity contribution < 1.29 is 9.53 Å². The lowest BCUT2D eigenvalue weighted by molar-refractivity contribution is -0.146. The number of unbranched alkanes of at least 4 members (excludes halogenated alkanes) is 1. The molecule has 2 rings (SSSR count). The lowest BCUT2D eigenvalue weighted by Gasteiger charge is -2.22. The average Bonchev–Trinajstić information content (AvgIpc) is 2.56. The van der Waals surface area contributed by atoms with Gasteiger partial charge in [-0.25, -0.2) is 4.79 Å². The van der Waals surface area contributed by atoms with Gasteiger partial charge in [-0.3, -0.25) is 19.1 Å². The van der Waals surface area contributed by atoms with Crippen LogP contribution in [0.25, 0.3) is 10.9 Å². The molecule has 0 saturated carbocycles. The number of methoxy groups -OCH3 is 1. The zero-order chi connectivity index (χ0) is 17.9. The van der Waals surface area contributed by atoms with E-state index < -0.39 is 16.7 Å². The normalized spacial score (nSPS) is 11.7. The quantitative estimate of drug-likeness (QED) is 0.461. The molecule has 24 heavy (non-hydrogen) atoms. The van der Waals surface area contributed by atoms with Gasteiger partial charge in [-0.1, -0.05) is 22.0 Å². The van der Waals surface area contributed by atoms with E-state index in [-0.39, 0.29) is 5.97 Å². The van der Waals surface area contributed by atoms with Crippen molar-refractivity contribution >= 4 is 32.8 Å². The number of aromatic nitrogens is 2. The highest BCUT2D eigenvalue weighted by Gasteiger charge is 2.31. The van der Waals surface area contributed by atoms with Crippen molar-refractivity contribution in [2.75, 3.05) is 12.4 Å². The number of carbonyl (C=O) groups excluding carboxylic acids is 1. The molecule has 130 valence electrons. The Morgan fingerprint density at radius 2 is 2.00 bits per heavy atom. The zero-order valence-electron chi connectivity index (χ0n) is 14.0. The Kier molecular flexibility index (Phi) is 5.64. The van der Waals surface area contributed by atoms with Crippen molar-refractivity contribution in [1.82, 2.24) is 9.55 Å². The molecule has 0 amide bonds. The van der Waals surface area contributed by atoms with Crippen LogP contribution in [0.3, 0.4) is 0 Å². The Hall–Kier alpha value is -1.89. The molecule has 0 aliphatic rings. The molecule has 1 N–H and O–H groups in total. The van der Waals surface area contributed by atoms with E-state index in [1.54, 1.807) is 36.6 Å². The van der Waals surface area contributed by atoms with Crippen molar-refractivity contribution in [2.45, 2.75) is 38.6 Å². The van der Waals surface area contributed by atoms with Crippen LogP contribution in [-0.2, 0) is 21.5 Å². The van der Waals surface area contributed by atoms with Gasteiger partial charge >= 0.3 is 11.7 Å². The predicted octanol–water partition coefficient (Wildman–Crippen LogP) is 2.32. The van der Waals surface area contributed by atoms with Crippen LogP contribution in [0, 0.1) is 0 Å². The van der Waals surface area contributed by atoms with Gasteiger partial charge in [-0.15, -0.1) is 0 Å². The molecule has 0 saturated heterocycles. The fourth-order valence-electron chi connectivity index (χ4n) is 2.64. The van der Waals surface area contributed by atoms with Crippen molar-refractivity contribution in [3.63, 3.8) is 0 Å². The summed E-state index contributed by atoms with van der Waals surface area (Å²) in [6, 6.07) is 5.14. The van der Waals surface area contributed by atoms with Crippen LogP contribution in [0.5, 0.6) is 0 Å². The van der Waals surface area contributed by atoms with E-state index in [4.69, 9.17) is 4.74 Å². The van der Waals surface area contributed by atoms with E-state index in [2.05, 4.69) is 20.9 Å². The molecule has 1 aromatic carbocycles. The summed E-state index contributed by atoms with van der Waals surface area (Å²) in [6.07, 6.45) is 1.75. The van der Waals surface area contributed by atoms with E-state index in [1.807, 2.05) is 0 Å². The van der Waals surface area contributed by atoms with E-state index in [9.17, 15) is 14.4 Å². The molecule has 6 nitrogen and oxygen atoms in total. The third-order valence-electron chi connectivity index (χ3n) is 4.18. The number of carbonyl (C=O) groups is 1. The van der Waals surface area contributed by atoms with Crippen LogP contribution in [-0.4, -0.2) is 28.0 Å². The van der Waals surface area contributed by atoms with E-state index in [0.717, 1.165) is 18.2 Å². The second-order valence-electron chi connectivity index (χ2n) is 6.16. The van der Waals surface area contributed by atoms with Crippen LogP contribution >= 0.6 is 15.9 Å². The number of H-pyrrole nitrogens is 1. The zero-order valence-corrected chi connectivity index (χ0v) is 15.6. The summed E-state index contributed by atoms with van der Waals surface area (Å²) in [6.45, 7) is 4.00. The lowest BCUT2D eigenvalue weighted by Crippen LogP contribution is -2.32.